The first kappa shape index (κ1) is 24.5. The quantitative estimate of drug-likeness (QED) is 0.216. The molecule has 0 aliphatic heterocycles. The molecule has 0 fully saturated rings. The van der Waals surface area contributed by atoms with E-state index < -0.39 is 0 Å². The van der Waals surface area contributed by atoms with Gasteiger partial charge in [-0.2, -0.15) is 0 Å². The van der Waals surface area contributed by atoms with Crippen LogP contribution in [0, 0.1) is 13.8 Å². The van der Waals surface area contributed by atoms with Crippen molar-refractivity contribution in [3.05, 3.63) is 139 Å². The number of rotatable bonds is 4. The minimum atomic E-state index is 0.947. The fourth-order valence-corrected chi connectivity index (χ4v) is 6.81. The highest BCUT2D eigenvalue weighted by molar-refractivity contribution is 6.12. The van der Waals surface area contributed by atoms with Crippen molar-refractivity contribution in [3.63, 3.8) is 0 Å². The maximum Gasteiger partial charge on any atom is 0.124 e. The molecule has 42 heavy (non-hydrogen) atoms. The van der Waals surface area contributed by atoms with Crippen LogP contribution < -0.4 is 4.74 Å². The number of hydrogen-bond donors (Lipinski definition) is 0. The molecule has 0 N–H and O–H groups in total. The summed E-state index contributed by atoms with van der Waals surface area (Å²) in [4.78, 5) is 0. The van der Waals surface area contributed by atoms with Crippen LogP contribution in [-0.2, 0) is 0 Å². The standard InChI is InChI=1S/C39H30N2O/c1-25-21-30(22-26(2)39(25)42-3)41-36-16-10-8-14-32(36)34-20-18-28(24-38(34)41)27-17-19-33-31-13-7-9-15-35(31)40(37(33)23-27)29-11-5-4-6-12-29/h4-24H,1-3H3. The first-order valence-corrected chi connectivity index (χ1v) is 14.4. The second-order valence-corrected chi connectivity index (χ2v) is 11.1. The van der Waals surface area contributed by atoms with Crippen molar-refractivity contribution in [2.24, 2.45) is 0 Å². The van der Waals surface area contributed by atoms with Crippen molar-refractivity contribution in [1.82, 2.24) is 9.13 Å². The molecule has 0 saturated carbocycles. The normalized spacial score (nSPS) is 11.7. The third kappa shape index (κ3) is 3.60. The van der Waals surface area contributed by atoms with E-state index >= 15 is 0 Å². The number of hydrogen-bond acceptors (Lipinski definition) is 1. The van der Waals surface area contributed by atoms with E-state index in [2.05, 4.69) is 150 Å². The molecule has 3 nitrogen and oxygen atoms in total. The fraction of sp³-hybridized carbons (Fsp3) is 0.0769. The van der Waals surface area contributed by atoms with E-state index in [1.54, 1.807) is 7.11 Å². The summed E-state index contributed by atoms with van der Waals surface area (Å²) < 4.78 is 10.5. The number of fused-ring (bicyclic) bond motifs is 6. The average molecular weight is 543 g/mol. The molecule has 2 heterocycles. The van der Waals surface area contributed by atoms with Crippen LogP contribution in [0.1, 0.15) is 11.1 Å². The molecule has 2 aromatic heterocycles. The molecule has 0 radical (unpaired) electrons. The zero-order chi connectivity index (χ0) is 28.4. The van der Waals surface area contributed by atoms with Crippen molar-refractivity contribution in [3.8, 4) is 28.3 Å². The van der Waals surface area contributed by atoms with Gasteiger partial charge in [0, 0.05) is 32.9 Å². The van der Waals surface area contributed by atoms with Crippen LogP contribution in [0.2, 0.25) is 0 Å². The van der Waals surface area contributed by atoms with E-state index in [0.717, 1.165) is 22.6 Å². The minimum Gasteiger partial charge on any atom is -0.496 e. The molecule has 0 amide bonds. The molecule has 3 heteroatoms. The third-order valence-corrected chi connectivity index (χ3v) is 8.60. The molecule has 0 spiro atoms. The van der Waals surface area contributed by atoms with Crippen molar-refractivity contribution in [2.45, 2.75) is 13.8 Å². The van der Waals surface area contributed by atoms with Crippen molar-refractivity contribution in [2.75, 3.05) is 7.11 Å². The number of aryl methyl sites for hydroxylation is 2. The van der Waals surface area contributed by atoms with Gasteiger partial charge in [0.1, 0.15) is 5.75 Å². The topological polar surface area (TPSA) is 19.1 Å². The molecule has 0 atom stereocenters. The summed E-state index contributed by atoms with van der Waals surface area (Å²) in [5.41, 5.74) is 11.8. The number of para-hydroxylation sites is 3. The van der Waals surface area contributed by atoms with Gasteiger partial charge >= 0.3 is 0 Å². The van der Waals surface area contributed by atoms with Gasteiger partial charge in [-0.25, -0.2) is 0 Å². The molecule has 8 rings (SSSR count). The van der Waals surface area contributed by atoms with E-state index in [1.807, 2.05) is 0 Å². The predicted molar refractivity (Wildman–Crippen MR) is 177 cm³/mol. The highest BCUT2D eigenvalue weighted by Crippen LogP contribution is 2.38. The van der Waals surface area contributed by atoms with Crippen molar-refractivity contribution >= 4 is 43.6 Å². The van der Waals surface area contributed by atoms with E-state index in [4.69, 9.17) is 4.74 Å². The first-order valence-electron chi connectivity index (χ1n) is 14.4. The summed E-state index contributed by atoms with van der Waals surface area (Å²) >= 11 is 0. The zero-order valence-electron chi connectivity index (χ0n) is 23.9. The molecule has 0 saturated heterocycles. The van der Waals surface area contributed by atoms with Gasteiger partial charge in [0.25, 0.3) is 0 Å². The number of nitrogens with zero attached hydrogens (tertiary/aromatic N) is 2. The molecule has 0 unspecified atom stereocenters. The van der Waals surface area contributed by atoms with Crippen LogP contribution in [0.5, 0.6) is 5.75 Å². The number of ether oxygens (including phenoxy) is 1. The lowest BCUT2D eigenvalue weighted by Gasteiger charge is -2.14. The Labute approximate surface area is 244 Å². The van der Waals surface area contributed by atoms with Gasteiger partial charge in [0.15, 0.2) is 0 Å². The summed E-state index contributed by atoms with van der Waals surface area (Å²) in [7, 11) is 1.75. The number of aromatic nitrogens is 2. The Kier molecular flexibility index (Phi) is 5.48. The molecule has 6 aromatic carbocycles. The summed E-state index contributed by atoms with van der Waals surface area (Å²) in [6.45, 7) is 4.24. The van der Waals surface area contributed by atoms with E-state index in [1.165, 1.54) is 60.4 Å². The number of benzene rings is 6. The van der Waals surface area contributed by atoms with E-state index in [-0.39, 0.29) is 0 Å². The molecule has 8 aromatic rings. The molecule has 0 bridgehead atoms. The maximum atomic E-state index is 5.69. The van der Waals surface area contributed by atoms with Gasteiger partial charge in [0.2, 0.25) is 0 Å². The monoisotopic (exact) mass is 542 g/mol. The lowest BCUT2D eigenvalue weighted by molar-refractivity contribution is 0.408. The summed E-state index contributed by atoms with van der Waals surface area (Å²) in [6, 6.07) is 46.3. The molecule has 202 valence electrons. The zero-order valence-corrected chi connectivity index (χ0v) is 23.9. The first-order chi connectivity index (χ1) is 20.6. The van der Waals surface area contributed by atoms with Crippen molar-refractivity contribution in [1.29, 1.82) is 0 Å². The lowest BCUT2D eigenvalue weighted by atomic mass is 10.0. The smallest absolute Gasteiger partial charge is 0.124 e. The Morgan fingerprint density at radius 3 is 1.40 bits per heavy atom. The van der Waals surface area contributed by atoms with Gasteiger partial charge in [-0.15, -0.1) is 0 Å². The van der Waals surface area contributed by atoms with Crippen LogP contribution in [0.15, 0.2) is 127 Å². The van der Waals surface area contributed by atoms with Gasteiger partial charge in [-0.3, -0.25) is 0 Å². The Hall–Kier alpha value is -5.28. The van der Waals surface area contributed by atoms with E-state index in [0.29, 0.717) is 0 Å². The summed E-state index contributed by atoms with van der Waals surface area (Å²) in [6.07, 6.45) is 0. The van der Waals surface area contributed by atoms with Crippen LogP contribution in [0.4, 0.5) is 0 Å². The Bertz CT molecular complexity index is 2280. The fourth-order valence-electron chi connectivity index (χ4n) is 6.81. The Balaban J connectivity index is 1.39. The third-order valence-electron chi connectivity index (χ3n) is 8.60. The van der Waals surface area contributed by atoms with Crippen LogP contribution >= 0.6 is 0 Å². The minimum absolute atomic E-state index is 0.947. The highest BCUT2D eigenvalue weighted by Gasteiger charge is 2.17. The van der Waals surface area contributed by atoms with Gasteiger partial charge in [0.05, 0.1) is 29.2 Å². The maximum absolute atomic E-state index is 5.69. The molecule has 0 aliphatic rings. The molecular weight excluding hydrogens is 512 g/mol. The predicted octanol–water partition coefficient (Wildman–Crippen LogP) is 10.2. The SMILES string of the molecule is COc1c(C)cc(-n2c3ccccc3c3ccc(-c4ccc5c6ccccc6n(-c6ccccc6)c5c4)cc32)cc1C. The second kappa shape index (κ2) is 9.39. The average Bonchev–Trinajstić information content (AvgIpc) is 3.53. The largest absolute Gasteiger partial charge is 0.496 e. The molecular formula is C39H30N2O. The number of methoxy groups -OCH3 is 1. The summed E-state index contributed by atoms with van der Waals surface area (Å²) in [5, 5.41) is 5.03. The van der Waals surface area contributed by atoms with Crippen molar-refractivity contribution < 1.29 is 4.74 Å². The van der Waals surface area contributed by atoms with Crippen LogP contribution in [-0.4, -0.2) is 16.2 Å². The lowest BCUT2D eigenvalue weighted by Crippen LogP contribution is -1.98. The second-order valence-electron chi connectivity index (χ2n) is 11.1. The van der Waals surface area contributed by atoms with Crippen LogP contribution in [0.3, 0.4) is 0 Å². The molecule has 0 aliphatic carbocycles. The highest BCUT2D eigenvalue weighted by atomic mass is 16.5. The Morgan fingerprint density at radius 1 is 0.429 bits per heavy atom. The van der Waals surface area contributed by atoms with Crippen LogP contribution in [0.25, 0.3) is 66.1 Å². The van der Waals surface area contributed by atoms with Gasteiger partial charge in [-0.1, -0.05) is 78.9 Å². The van der Waals surface area contributed by atoms with Gasteiger partial charge < -0.3 is 13.9 Å². The van der Waals surface area contributed by atoms with E-state index in [9.17, 15) is 0 Å². The van der Waals surface area contributed by atoms with Gasteiger partial charge in [-0.05, 0) is 84.6 Å². The summed E-state index contributed by atoms with van der Waals surface area (Å²) in [5.74, 6) is 0.947. The Morgan fingerprint density at radius 2 is 0.881 bits per heavy atom.